The molecular formula is C30H48N2OS. The lowest BCUT2D eigenvalue weighted by Crippen LogP contribution is -2.15. The molecule has 3 rings (SSSR count). The van der Waals surface area contributed by atoms with Gasteiger partial charge in [0.15, 0.2) is 0 Å². The van der Waals surface area contributed by atoms with Crippen LogP contribution in [0.15, 0.2) is 48.5 Å². The third kappa shape index (κ3) is 10.6. The predicted molar refractivity (Wildman–Crippen MR) is 154 cm³/mol. The largest absolute Gasteiger partial charge is 0.493 e. The number of hydrogen-bond acceptors (Lipinski definition) is 4. The molecule has 1 aromatic heterocycles. The molecule has 2 aromatic carbocycles. The van der Waals surface area contributed by atoms with E-state index in [0.717, 1.165) is 38.3 Å². The van der Waals surface area contributed by atoms with Gasteiger partial charge < -0.3 is 15.4 Å². The van der Waals surface area contributed by atoms with Crippen molar-refractivity contribution in [2.45, 2.75) is 80.2 Å². The summed E-state index contributed by atoms with van der Waals surface area (Å²) in [5, 5.41) is 8.16. The molecule has 0 aliphatic heterocycles. The Morgan fingerprint density at radius 3 is 2.18 bits per heavy atom. The van der Waals surface area contributed by atoms with Crippen LogP contribution in [0.1, 0.15) is 79.2 Å². The lowest BCUT2D eigenvalue weighted by Gasteiger charge is -2.13. The zero-order valence-electron chi connectivity index (χ0n) is 21.2. The predicted octanol–water partition coefficient (Wildman–Crippen LogP) is 8.67. The zero-order chi connectivity index (χ0) is 23.7. The van der Waals surface area contributed by atoms with Crippen LogP contribution in [0.3, 0.4) is 0 Å². The lowest BCUT2D eigenvalue weighted by molar-refractivity contribution is 0.305. The monoisotopic (exact) mass is 484 g/mol. The molecule has 0 saturated carbocycles. The molecule has 3 nitrogen and oxygen atoms in total. The van der Waals surface area contributed by atoms with Gasteiger partial charge in [-0.05, 0) is 86.6 Å². The molecule has 2 N–H and O–H groups in total. The van der Waals surface area contributed by atoms with Gasteiger partial charge in [-0.1, -0.05) is 66.2 Å². The van der Waals surface area contributed by atoms with Crippen LogP contribution in [-0.2, 0) is 6.54 Å². The lowest BCUT2D eigenvalue weighted by atomic mass is 10.1. The molecular weight excluding hydrogens is 436 g/mol. The molecule has 0 unspecified atom stereocenters. The molecule has 0 amide bonds. The van der Waals surface area contributed by atoms with Gasteiger partial charge in [-0.25, -0.2) is 0 Å². The van der Waals surface area contributed by atoms with Crippen molar-refractivity contribution in [3.8, 4) is 16.2 Å². The first-order valence-corrected chi connectivity index (χ1v) is 13.7. The topological polar surface area (TPSA) is 33.3 Å². The summed E-state index contributed by atoms with van der Waals surface area (Å²) in [5.41, 5.74) is 2.54. The van der Waals surface area contributed by atoms with E-state index in [-0.39, 0.29) is 7.43 Å². The molecule has 0 fully saturated rings. The Bertz CT molecular complexity index is 869. The number of ether oxygens (including phenoxy) is 1. The number of nitrogens with one attached hydrogen (secondary N) is 2. The number of thiophene rings is 1. The van der Waals surface area contributed by atoms with Crippen molar-refractivity contribution in [1.82, 2.24) is 10.6 Å². The summed E-state index contributed by atoms with van der Waals surface area (Å²) in [7, 11) is 0. The second kappa shape index (κ2) is 18.4. The van der Waals surface area contributed by atoms with Crippen LogP contribution in [0.2, 0.25) is 0 Å². The van der Waals surface area contributed by atoms with E-state index in [2.05, 4.69) is 86.9 Å². The Morgan fingerprint density at radius 2 is 1.50 bits per heavy atom. The van der Waals surface area contributed by atoms with Crippen molar-refractivity contribution in [2.24, 2.45) is 0 Å². The maximum Gasteiger partial charge on any atom is 0.123 e. The first-order valence-electron chi connectivity index (χ1n) is 12.9. The fraction of sp³-hybridized carbons (Fsp3) is 0.533. The molecule has 1 heterocycles. The van der Waals surface area contributed by atoms with Crippen molar-refractivity contribution in [1.29, 1.82) is 0 Å². The summed E-state index contributed by atoms with van der Waals surface area (Å²) in [6.45, 7) is 13.8. The molecule has 0 spiro atoms. The van der Waals surface area contributed by atoms with E-state index in [4.69, 9.17) is 4.74 Å². The molecule has 0 aliphatic rings. The van der Waals surface area contributed by atoms with Crippen LogP contribution >= 0.6 is 11.3 Å². The Kier molecular flexibility index (Phi) is 16.4. The summed E-state index contributed by atoms with van der Waals surface area (Å²) >= 11 is 1.86. The maximum atomic E-state index is 6.05. The SMILES string of the molecule is C.CCCCNCc1cc(-c2cc3ccccc3s2)ccc1OCCCC.CCCNCCC. The van der Waals surface area contributed by atoms with Gasteiger partial charge in [0, 0.05) is 21.7 Å². The van der Waals surface area contributed by atoms with Crippen LogP contribution in [-0.4, -0.2) is 26.2 Å². The molecule has 190 valence electrons. The first-order chi connectivity index (χ1) is 16.2. The Morgan fingerprint density at radius 1 is 0.765 bits per heavy atom. The quantitative estimate of drug-likeness (QED) is 0.225. The summed E-state index contributed by atoms with van der Waals surface area (Å²) < 4.78 is 7.39. The highest BCUT2D eigenvalue weighted by Crippen LogP contribution is 2.35. The molecule has 0 bridgehead atoms. The molecule has 3 aromatic rings. The van der Waals surface area contributed by atoms with Crippen LogP contribution < -0.4 is 15.4 Å². The number of hydrogen-bond donors (Lipinski definition) is 2. The van der Waals surface area contributed by atoms with Crippen molar-refractivity contribution < 1.29 is 4.74 Å². The van der Waals surface area contributed by atoms with Crippen LogP contribution in [0, 0.1) is 0 Å². The number of unbranched alkanes of at least 4 members (excludes halogenated alkanes) is 2. The van der Waals surface area contributed by atoms with E-state index >= 15 is 0 Å². The van der Waals surface area contributed by atoms with Crippen LogP contribution in [0.4, 0.5) is 0 Å². The standard InChI is InChI=1S/C23H29NOS.C6H15N.CH4/c1-3-5-13-24-17-20-15-19(11-12-21(20)25-14-6-4-2)23-16-18-9-7-8-10-22(18)26-23;1-3-5-7-6-4-2;/h7-12,15-16,24H,3-6,13-14,17H2,1-2H3;7H,3-6H2,1-2H3;1H4. The Hall–Kier alpha value is -1.88. The molecule has 0 aliphatic carbocycles. The number of fused-ring (bicyclic) bond motifs is 1. The average Bonchev–Trinajstić information content (AvgIpc) is 3.28. The molecule has 0 atom stereocenters. The second-order valence-corrected chi connectivity index (χ2v) is 9.54. The highest BCUT2D eigenvalue weighted by molar-refractivity contribution is 7.22. The number of rotatable bonds is 14. The molecule has 0 radical (unpaired) electrons. The minimum Gasteiger partial charge on any atom is -0.493 e. The normalized spacial score (nSPS) is 10.5. The van der Waals surface area contributed by atoms with Crippen molar-refractivity contribution in [2.75, 3.05) is 26.2 Å². The minimum absolute atomic E-state index is 0. The second-order valence-electron chi connectivity index (χ2n) is 8.45. The highest BCUT2D eigenvalue weighted by Gasteiger charge is 2.09. The van der Waals surface area contributed by atoms with E-state index in [0.29, 0.717) is 0 Å². The van der Waals surface area contributed by atoms with Gasteiger partial charge >= 0.3 is 0 Å². The average molecular weight is 485 g/mol. The molecule has 0 saturated heterocycles. The van der Waals surface area contributed by atoms with Crippen LogP contribution in [0.5, 0.6) is 5.75 Å². The van der Waals surface area contributed by atoms with E-state index in [9.17, 15) is 0 Å². The molecule has 34 heavy (non-hydrogen) atoms. The molecule has 4 heteroatoms. The Labute approximate surface area is 213 Å². The summed E-state index contributed by atoms with van der Waals surface area (Å²) in [6.07, 6.45) is 7.18. The highest BCUT2D eigenvalue weighted by atomic mass is 32.1. The van der Waals surface area contributed by atoms with E-state index in [1.54, 1.807) is 0 Å². The van der Waals surface area contributed by atoms with E-state index in [1.807, 2.05) is 11.3 Å². The van der Waals surface area contributed by atoms with Gasteiger partial charge in [0.2, 0.25) is 0 Å². The Balaban J connectivity index is 0.000000633. The summed E-state index contributed by atoms with van der Waals surface area (Å²) in [5.74, 6) is 1.02. The smallest absolute Gasteiger partial charge is 0.123 e. The van der Waals surface area contributed by atoms with Gasteiger partial charge in [0.25, 0.3) is 0 Å². The van der Waals surface area contributed by atoms with Crippen LogP contribution in [0.25, 0.3) is 20.5 Å². The van der Waals surface area contributed by atoms with E-state index in [1.165, 1.54) is 64.9 Å². The summed E-state index contributed by atoms with van der Waals surface area (Å²) in [4.78, 5) is 1.32. The zero-order valence-corrected chi connectivity index (χ0v) is 22.0. The van der Waals surface area contributed by atoms with E-state index < -0.39 is 0 Å². The van der Waals surface area contributed by atoms with Crippen molar-refractivity contribution in [3.05, 3.63) is 54.1 Å². The fourth-order valence-electron chi connectivity index (χ4n) is 3.47. The van der Waals surface area contributed by atoms with Gasteiger partial charge in [-0.15, -0.1) is 11.3 Å². The summed E-state index contributed by atoms with van der Waals surface area (Å²) in [6, 6.07) is 17.5. The van der Waals surface area contributed by atoms with Gasteiger partial charge in [0.05, 0.1) is 6.61 Å². The maximum absolute atomic E-state index is 6.05. The van der Waals surface area contributed by atoms with Crippen molar-refractivity contribution >= 4 is 21.4 Å². The minimum atomic E-state index is 0. The third-order valence-electron chi connectivity index (χ3n) is 5.40. The van der Waals surface area contributed by atoms with Gasteiger partial charge in [-0.2, -0.15) is 0 Å². The fourth-order valence-corrected chi connectivity index (χ4v) is 4.52. The van der Waals surface area contributed by atoms with Gasteiger partial charge in [0.1, 0.15) is 5.75 Å². The van der Waals surface area contributed by atoms with Gasteiger partial charge in [-0.3, -0.25) is 0 Å². The third-order valence-corrected chi connectivity index (χ3v) is 6.57. The number of benzene rings is 2. The first kappa shape index (κ1) is 30.2. The van der Waals surface area contributed by atoms with Crippen molar-refractivity contribution in [3.63, 3.8) is 0 Å².